The quantitative estimate of drug-likeness (QED) is 0.756. The molecule has 0 aliphatic carbocycles. The van der Waals surface area contributed by atoms with Gasteiger partial charge in [-0.25, -0.2) is 0 Å². The zero-order valence-electron chi connectivity index (χ0n) is 15.5. The number of piperazine rings is 1. The molecule has 0 unspecified atom stereocenters. The van der Waals surface area contributed by atoms with E-state index in [4.69, 9.17) is 4.74 Å². The fraction of sp³-hybridized carbons (Fsp3) is 0.333. The molecule has 0 radical (unpaired) electrons. The van der Waals surface area contributed by atoms with Gasteiger partial charge in [0.15, 0.2) is 0 Å². The van der Waals surface area contributed by atoms with Crippen molar-refractivity contribution in [2.24, 2.45) is 0 Å². The Morgan fingerprint density at radius 1 is 1.19 bits per heavy atom. The number of nitrogens with one attached hydrogen (secondary N) is 1. The van der Waals surface area contributed by atoms with Crippen LogP contribution in [0.25, 0.3) is 10.9 Å². The van der Waals surface area contributed by atoms with Crippen molar-refractivity contribution in [2.75, 3.05) is 39.3 Å². The van der Waals surface area contributed by atoms with Crippen LogP contribution in [0.2, 0.25) is 0 Å². The van der Waals surface area contributed by atoms with Crippen molar-refractivity contribution in [3.8, 4) is 5.75 Å². The first kappa shape index (κ1) is 17.5. The lowest BCUT2D eigenvalue weighted by Gasteiger charge is -2.34. The summed E-state index contributed by atoms with van der Waals surface area (Å²) in [7, 11) is 0. The van der Waals surface area contributed by atoms with Crippen molar-refractivity contribution < 1.29 is 9.53 Å². The summed E-state index contributed by atoms with van der Waals surface area (Å²) in [5, 5.41) is 1.09. The number of aromatic nitrogens is 2. The van der Waals surface area contributed by atoms with Gasteiger partial charge in [-0.15, -0.1) is 0 Å². The number of nitrogens with zero attached hydrogens (tertiary/aromatic N) is 3. The maximum atomic E-state index is 12.8. The fourth-order valence-corrected chi connectivity index (χ4v) is 3.44. The van der Waals surface area contributed by atoms with Gasteiger partial charge in [0.05, 0.1) is 6.20 Å². The van der Waals surface area contributed by atoms with Gasteiger partial charge in [0.1, 0.15) is 18.1 Å². The van der Waals surface area contributed by atoms with E-state index in [2.05, 4.69) is 33.9 Å². The summed E-state index contributed by atoms with van der Waals surface area (Å²) >= 11 is 0. The number of fused-ring (bicyclic) bond motifs is 1. The molecule has 1 aliphatic heterocycles. The van der Waals surface area contributed by atoms with Crippen molar-refractivity contribution in [2.45, 2.75) is 6.92 Å². The Morgan fingerprint density at radius 2 is 2.04 bits per heavy atom. The number of ether oxygens (including phenoxy) is 1. The monoisotopic (exact) mass is 364 g/mol. The molecule has 1 aromatic carbocycles. The topological polar surface area (TPSA) is 61.5 Å². The van der Waals surface area contributed by atoms with Gasteiger partial charge in [-0.3, -0.25) is 14.7 Å². The Kier molecular flexibility index (Phi) is 5.07. The van der Waals surface area contributed by atoms with Gasteiger partial charge in [0.2, 0.25) is 0 Å². The van der Waals surface area contributed by atoms with Gasteiger partial charge in [0.25, 0.3) is 5.91 Å². The predicted octanol–water partition coefficient (Wildman–Crippen LogP) is 2.71. The van der Waals surface area contributed by atoms with Crippen LogP contribution in [0.5, 0.6) is 5.75 Å². The highest BCUT2D eigenvalue weighted by Gasteiger charge is 2.23. The molecule has 1 fully saturated rings. The number of aryl methyl sites for hydroxylation is 1. The number of amides is 1. The molecule has 2 aromatic heterocycles. The number of carbonyl (C=O) groups excluding carboxylic acids is 1. The SMILES string of the molecule is Cc1ccc2[nH]c(C(=O)N3CCN(CCOc4cccnc4)CC3)cc2c1. The summed E-state index contributed by atoms with van der Waals surface area (Å²) in [6.07, 6.45) is 3.45. The number of benzene rings is 1. The normalized spacial score (nSPS) is 15.2. The molecule has 0 bridgehead atoms. The summed E-state index contributed by atoms with van der Waals surface area (Å²) in [5.41, 5.74) is 2.88. The van der Waals surface area contributed by atoms with Crippen molar-refractivity contribution in [3.05, 3.63) is 60.0 Å². The van der Waals surface area contributed by atoms with Crippen LogP contribution < -0.4 is 4.74 Å². The highest BCUT2D eigenvalue weighted by atomic mass is 16.5. The highest BCUT2D eigenvalue weighted by molar-refractivity contribution is 5.98. The van der Waals surface area contributed by atoms with E-state index in [0.29, 0.717) is 12.3 Å². The average Bonchev–Trinajstić information content (AvgIpc) is 3.12. The number of rotatable bonds is 5. The number of H-pyrrole nitrogens is 1. The Labute approximate surface area is 158 Å². The lowest BCUT2D eigenvalue weighted by Crippen LogP contribution is -2.49. The Hall–Kier alpha value is -2.86. The third kappa shape index (κ3) is 4.11. The number of hydrogen-bond acceptors (Lipinski definition) is 4. The standard InChI is InChI=1S/C21H24N4O2/c1-16-4-5-19-17(13-16)14-20(23-19)21(26)25-9-7-24(8-10-25)11-12-27-18-3-2-6-22-15-18/h2-6,13-15,23H,7-12H2,1H3. The minimum atomic E-state index is 0.0788. The Balaban J connectivity index is 1.28. The largest absolute Gasteiger partial charge is 0.491 e. The minimum Gasteiger partial charge on any atom is -0.491 e. The molecule has 6 heteroatoms. The van der Waals surface area contributed by atoms with Crippen molar-refractivity contribution in [1.29, 1.82) is 0 Å². The van der Waals surface area contributed by atoms with Gasteiger partial charge in [-0.05, 0) is 37.3 Å². The average molecular weight is 364 g/mol. The first-order valence-corrected chi connectivity index (χ1v) is 9.33. The lowest BCUT2D eigenvalue weighted by atomic mass is 10.2. The molecular weight excluding hydrogens is 340 g/mol. The number of hydrogen-bond donors (Lipinski definition) is 1. The Bertz CT molecular complexity index is 914. The number of pyridine rings is 1. The second kappa shape index (κ2) is 7.80. The van der Waals surface area contributed by atoms with E-state index in [1.54, 1.807) is 12.4 Å². The van der Waals surface area contributed by atoms with Crippen molar-refractivity contribution >= 4 is 16.8 Å². The van der Waals surface area contributed by atoms with Crippen LogP contribution in [-0.2, 0) is 0 Å². The van der Waals surface area contributed by atoms with E-state index < -0.39 is 0 Å². The number of aromatic amines is 1. The smallest absolute Gasteiger partial charge is 0.270 e. The van der Waals surface area contributed by atoms with E-state index >= 15 is 0 Å². The van der Waals surface area contributed by atoms with Crippen LogP contribution in [0.15, 0.2) is 48.8 Å². The molecule has 140 valence electrons. The fourth-order valence-electron chi connectivity index (χ4n) is 3.44. The zero-order chi connectivity index (χ0) is 18.6. The molecule has 27 heavy (non-hydrogen) atoms. The second-order valence-electron chi connectivity index (χ2n) is 6.94. The van der Waals surface area contributed by atoms with E-state index in [-0.39, 0.29) is 5.91 Å². The minimum absolute atomic E-state index is 0.0788. The lowest BCUT2D eigenvalue weighted by molar-refractivity contribution is 0.0615. The van der Waals surface area contributed by atoms with Gasteiger partial charge in [-0.2, -0.15) is 0 Å². The first-order chi connectivity index (χ1) is 13.2. The second-order valence-corrected chi connectivity index (χ2v) is 6.94. The summed E-state index contributed by atoms with van der Waals surface area (Å²) in [5.74, 6) is 0.871. The van der Waals surface area contributed by atoms with Crippen LogP contribution in [0.3, 0.4) is 0 Å². The summed E-state index contributed by atoms with van der Waals surface area (Å²) in [6, 6.07) is 11.9. The molecule has 4 rings (SSSR count). The summed E-state index contributed by atoms with van der Waals surface area (Å²) < 4.78 is 5.71. The summed E-state index contributed by atoms with van der Waals surface area (Å²) in [4.78, 5) is 24.4. The molecule has 1 amide bonds. The first-order valence-electron chi connectivity index (χ1n) is 9.33. The van der Waals surface area contributed by atoms with Gasteiger partial charge < -0.3 is 14.6 Å². The molecule has 1 aliphatic rings. The van der Waals surface area contributed by atoms with Crippen LogP contribution in [0.4, 0.5) is 0 Å². The number of carbonyl (C=O) groups is 1. The molecule has 3 heterocycles. The molecule has 3 aromatic rings. The van der Waals surface area contributed by atoms with E-state index in [1.165, 1.54) is 5.56 Å². The highest BCUT2D eigenvalue weighted by Crippen LogP contribution is 2.18. The van der Waals surface area contributed by atoms with E-state index in [9.17, 15) is 4.79 Å². The summed E-state index contributed by atoms with van der Waals surface area (Å²) in [6.45, 7) is 6.73. The van der Waals surface area contributed by atoms with Gasteiger partial charge in [-0.1, -0.05) is 11.6 Å². The Morgan fingerprint density at radius 3 is 2.81 bits per heavy atom. The molecular formula is C21H24N4O2. The third-order valence-electron chi connectivity index (χ3n) is 4.98. The zero-order valence-corrected chi connectivity index (χ0v) is 15.5. The molecule has 1 saturated heterocycles. The third-order valence-corrected chi connectivity index (χ3v) is 4.98. The van der Waals surface area contributed by atoms with E-state index in [0.717, 1.165) is 49.4 Å². The molecule has 0 saturated carbocycles. The maximum absolute atomic E-state index is 12.8. The maximum Gasteiger partial charge on any atom is 0.270 e. The molecule has 6 nitrogen and oxygen atoms in total. The van der Waals surface area contributed by atoms with Crippen LogP contribution in [-0.4, -0.2) is 65.0 Å². The molecule has 0 spiro atoms. The van der Waals surface area contributed by atoms with Crippen LogP contribution in [0, 0.1) is 6.92 Å². The molecule has 0 atom stereocenters. The van der Waals surface area contributed by atoms with Gasteiger partial charge in [0, 0.05) is 49.8 Å². The van der Waals surface area contributed by atoms with Crippen LogP contribution in [0.1, 0.15) is 16.1 Å². The predicted molar refractivity (Wildman–Crippen MR) is 105 cm³/mol. The van der Waals surface area contributed by atoms with E-state index in [1.807, 2.05) is 29.2 Å². The van der Waals surface area contributed by atoms with Crippen molar-refractivity contribution in [1.82, 2.24) is 19.8 Å². The molecule has 1 N–H and O–H groups in total. The van der Waals surface area contributed by atoms with Gasteiger partial charge >= 0.3 is 0 Å². The van der Waals surface area contributed by atoms with Crippen LogP contribution >= 0.6 is 0 Å². The van der Waals surface area contributed by atoms with Crippen molar-refractivity contribution in [3.63, 3.8) is 0 Å².